The van der Waals surface area contributed by atoms with E-state index in [1.165, 1.54) is 30.3 Å². The van der Waals surface area contributed by atoms with Gasteiger partial charge in [0.15, 0.2) is 0 Å². The molecule has 8 heteroatoms. The normalized spacial score (nSPS) is 38.1. The highest BCUT2D eigenvalue weighted by molar-refractivity contribution is 9.09. The van der Waals surface area contributed by atoms with Crippen molar-refractivity contribution in [1.82, 2.24) is 13.9 Å². The van der Waals surface area contributed by atoms with Crippen LogP contribution in [0.4, 0.5) is 0 Å². The minimum Gasteiger partial charge on any atom is -0.462 e. The van der Waals surface area contributed by atoms with Gasteiger partial charge in [0.05, 0.1) is 17.3 Å². The second-order valence-corrected chi connectivity index (χ2v) is 17.0. The van der Waals surface area contributed by atoms with Gasteiger partial charge < -0.3 is 4.74 Å². The number of rotatable bonds is 8. The van der Waals surface area contributed by atoms with Gasteiger partial charge in [0.1, 0.15) is 11.4 Å². The number of para-hydroxylation sites is 1. The molecule has 10 atom stereocenters. The monoisotopic (exact) mass is 693 g/mol. The van der Waals surface area contributed by atoms with Crippen molar-refractivity contribution >= 4 is 21.9 Å². The lowest BCUT2D eigenvalue weighted by Crippen LogP contribution is -2.62. The Morgan fingerprint density at radius 1 is 0.957 bits per heavy atom. The van der Waals surface area contributed by atoms with Gasteiger partial charge in [-0.25, -0.2) is 23.5 Å². The van der Waals surface area contributed by atoms with Crippen molar-refractivity contribution in [2.24, 2.45) is 46.3 Å². The van der Waals surface area contributed by atoms with Crippen molar-refractivity contribution in [2.45, 2.75) is 117 Å². The van der Waals surface area contributed by atoms with Crippen molar-refractivity contribution in [3.05, 3.63) is 63.5 Å². The molecule has 3 heterocycles. The van der Waals surface area contributed by atoms with Gasteiger partial charge in [-0.1, -0.05) is 100 Å². The molecule has 0 saturated heterocycles. The van der Waals surface area contributed by atoms with Crippen LogP contribution in [0.1, 0.15) is 105 Å². The van der Waals surface area contributed by atoms with Crippen molar-refractivity contribution in [1.29, 1.82) is 0 Å². The number of hydrogen-bond acceptors (Lipinski definition) is 4. The van der Waals surface area contributed by atoms with Gasteiger partial charge in [-0.2, -0.15) is 0 Å². The lowest BCUT2D eigenvalue weighted by atomic mass is 9.46. The van der Waals surface area contributed by atoms with E-state index in [2.05, 4.69) is 62.7 Å². The van der Waals surface area contributed by atoms with E-state index in [-0.39, 0.29) is 63.4 Å². The van der Waals surface area contributed by atoms with Gasteiger partial charge in [0.25, 0.3) is 0 Å². The molecule has 46 heavy (non-hydrogen) atoms. The number of carbonyl (C=O) groups is 1. The van der Waals surface area contributed by atoms with E-state index >= 15 is 0 Å². The van der Waals surface area contributed by atoms with Crippen molar-refractivity contribution in [3.8, 4) is 5.69 Å². The maximum absolute atomic E-state index is 14.9. The Hall–Kier alpha value is -2.35. The van der Waals surface area contributed by atoms with Gasteiger partial charge >= 0.3 is 17.3 Å². The molecule has 2 aliphatic heterocycles. The highest BCUT2D eigenvalue weighted by Crippen LogP contribution is 2.71. The van der Waals surface area contributed by atoms with Crippen molar-refractivity contribution in [2.75, 3.05) is 5.33 Å². The third-order valence-electron chi connectivity index (χ3n) is 13.8. The number of benzene rings is 1. The van der Waals surface area contributed by atoms with E-state index in [4.69, 9.17) is 4.74 Å². The predicted octanol–water partition coefficient (Wildman–Crippen LogP) is 7.64. The minimum atomic E-state index is -0.574. The second kappa shape index (κ2) is 11.7. The van der Waals surface area contributed by atoms with E-state index < -0.39 is 5.54 Å². The van der Waals surface area contributed by atoms with Gasteiger partial charge in [0.2, 0.25) is 0 Å². The molecule has 3 aliphatic carbocycles. The number of carbonyl (C=O) groups excluding carboxylic acids is 1. The molecule has 5 aliphatic rings. The molecule has 2 aromatic rings. The standard InChI is InChI=1S/C38H52BrN3O4/c1-24(2)10-9-11-25(3)28-14-15-31-36(28,4)20-18-32-37(5)19-16-27(46-33(43)23-39)22-29(37)30-17-21-38(31,32)42-35(45)40(34(44)41(30)42)26-12-7-6-8-13-26/h6-8,12-13,17,21,24-25,27-32H,9-11,14-16,18-20,22-23H2,1-5H3/t25-,27+,28?,29?,30+,31-,32-,36-,37+,38+/m1/s1. The molecular weight excluding hydrogens is 642 g/mol. The summed E-state index contributed by atoms with van der Waals surface area (Å²) in [6.07, 6.45) is 15.2. The Morgan fingerprint density at radius 3 is 2.39 bits per heavy atom. The first-order valence-electron chi connectivity index (χ1n) is 17.9. The van der Waals surface area contributed by atoms with Crippen molar-refractivity contribution in [3.63, 3.8) is 0 Å². The molecular formula is C38H52BrN3O4. The number of alkyl halides is 1. The summed E-state index contributed by atoms with van der Waals surface area (Å²) in [6, 6.07) is 9.17. The summed E-state index contributed by atoms with van der Waals surface area (Å²) < 4.78 is 11.2. The number of fused-ring (bicyclic) bond motifs is 4. The molecule has 3 saturated carbocycles. The van der Waals surface area contributed by atoms with Crippen LogP contribution in [-0.2, 0) is 15.1 Å². The molecule has 0 N–H and O–H groups in total. The minimum absolute atomic E-state index is 0.0755. The first-order valence-corrected chi connectivity index (χ1v) is 19.1. The van der Waals surface area contributed by atoms with Gasteiger partial charge in [-0.3, -0.25) is 4.79 Å². The first kappa shape index (κ1) is 32.2. The number of halogens is 1. The quantitative estimate of drug-likeness (QED) is 0.162. The largest absolute Gasteiger partial charge is 0.462 e. The smallest absolute Gasteiger partial charge is 0.352 e. The van der Waals surface area contributed by atoms with Crippen LogP contribution >= 0.6 is 15.9 Å². The van der Waals surface area contributed by atoms with Crippen LogP contribution in [-0.4, -0.2) is 31.3 Å². The number of esters is 1. The second-order valence-electron chi connectivity index (χ2n) is 16.4. The number of hydrogen-bond donors (Lipinski definition) is 0. The molecule has 1 aromatic heterocycles. The number of ether oxygens (including phenoxy) is 1. The summed E-state index contributed by atoms with van der Waals surface area (Å²) in [6.45, 7) is 12.1. The Balaban J connectivity index is 1.38. The predicted molar refractivity (Wildman–Crippen MR) is 184 cm³/mol. The molecule has 7 rings (SSSR count). The Morgan fingerprint density at radius 2 is 1.67 bits per heavy atom. The molecule has 1 aromatic carbocycles. The fourth-order valence-corrected chi connectivity index (χ4v) is 12.0. The number of allylic oxidation sites excluding steroid dienone is 2. The van der Waals surface area contributed by atoms with Gasteiger partial charge in [-0.05, 0) is 103 Å². The third-order valence-corrected chi connectivity index (χ3v) is 14.3. The van der Waals surface area contributed by atoms with Crippen LogP contribution in [0.15, 0.2) is 52.1 Å². The zero-order valence-electron chi connectivity index (χ0n) is 28.3. The van der Waals surface area contributed by atoms with Crippen LogP contribution in [0.2, 0.25) is 0 Å². The summed E-state index contributed by atoms with van der Waals surface area (Å²) in [4.78, 5) is 41.9. The van der Waals surface area contributed by atoms with Crippen LogP contribution in [0.25, 0.3) is 5.69 Å². The average molecular weight is 695 g/mol. The summed E-state index contributed by atoms with van der Waals surface area (Å²) in [7, 11) is 0. The van der Waals surface area contributed by atoms with E-state index in [9.17, 15) is 14.4 Å². The van der Waals surface area contributed by atoms with E-state index in [0.717, 1.165) is 38.0 Å². The van der Waals surface area contributed by atoms with Crippen LogP contribution in [0.5, 0.6) is 0 Å². The SMILES string of the molecule is CC(C)CCC[C@@H](C)C1CC[C@H]2[C@@]34C=C[C@@H](C5C[C@@H](OC(=O)CBr)CC[C@]5(C)[C@H]3CC[C@]12C)n1c(=O)n(-c2ccccc2)c(=O)n14. The summed E-state index contributed by atoms with van der Waals surface area (Å²) in [5.41, 5.74) is -0.436. The highest BCUT2D eigenvalue weighted by Gasteiger charge is 2.70. The highest BCUT2D eigenvalue weighted by atomic mass is 79.9. The summed E-state index contributed by atoms with van der Waals surface area (Å²) >= 11 is 3.27. The zero-order chi connectivity index (χ0) is 32.6. The Kier molecular flexibility index (Phi) is 8.17. The number of aromatic nitrogens is 3. The van der Waals surface area contributed by atoms with E-state index in [1.54, 1.807) is 0 Å². The maximum Gasteiger partial charge on any atom is 0.352 e. The summed E-state index contributed by atoms with van der Waals surface area (Å²) in [5, 5.41) is 0.177. The first-order chi connectivity index (χ1) is 22.0. The molecule has 1 spiro atoms. The fourth-order valence-electron chi connectivity index (χ4n) is 11.9. The lowest BCUT2D eigenvalue weighted by Gasteiger charge is -2.60. The number of nitrogens with zero attached hydrogens (tertiary/aromatic N) is 3. The van der Waals surface area contributed by atoms with E-state index in [1.807, 2.05) is 39.7 Å². The topological polar surface area (TPSA) is 75.2 Å². The molecule has 2 bridgehead atoms. The Labute approximate surface area is 281 Å². The Bertz CT molecular complexity index is 1620. The molecule has 2 unspecified atom stereocenters. The van der Waals surface area contributed by atoms with Crippen LogP contribution in [0.3, 0.4) is 0 Å². The third kappa shape index (κ3) is 4.58. The molecule has 7 nitrogen and oxygen atoms in total. The molecule has 0 radical (unpaired) electrons. The van der Waals surface area contributed by atoms with Crippen LogP contribution < -0.4 is 11.4 Å². The average Bonchev–Trinajstić information content (AvgIpc) is 3.47. The summed E-state index contributed by atoms with van der Waals surface area (Å²) in [5.74, 6) is 2.27. The molecule has 250 valence electrons. The maximum atomic E-state index is 14.9. The zero-order valence-corrected chi connectivity index (χ0v) is 29.9. The van der Waals surface area contributed by atoms with Gasteiger partial charge in [0, 0.05) is 0 Å². The van der Waals surface area contributed by atoms with Crippen molar-refractivity contribution < 1.29 is 9.53 Å². The lowest BCUT2D eigenvalue weighted by molar-refractivity contribution is -0.155. The van der Waals surface area contributed by atoms with Crippen LogP contribution in [0, 0.1) is 46.3 Å². The van der Waals surface area contributed by atoms with Gasteiger partial charge in [-0.15, -0.1) is 0 Å². The van der Waals surface area contributed by atoms with E-state index in [0.29, 0.717) is 23.9 Å². The molecule has 0 amide bonds. The fraction of sp³-hybridized carbons (Fsp3) is 0.711. The molecule has 3 fully saturated rings.